The maximum atomic E-state index is 5.98. The Labute approximate surface area is 113 Å². The van der Waals surface area contributed by atoms with Crippen LogP contribution in [0.2, 0.25) is 5.02 Å². The molecule has 2 unspecified atom stereocenters. The molecule has 0 heterocycles. The van der Waals surface area contributed by atoms with E-state index in [2.05, 4.69) is 37.1 Å². The number of guanidine groups is 1. The van der Waals surface area contributed by atoms with Crippen LogP contribution in [0.4, 0.5) is 0 Å². The van der Waals surface area contributed by atoms with E-state index in [4.69, 9.17) is 17.3 Å². The van der Waals surface area contributed by atoms with Crippen LogP contribution in [0.3, 0.4) is 0 Å². The van der Waals surface area contributed by atoms with Crippen molar-refractivity contribution in [2.45, 2.75) is 44.7 Å². The van der Waals surface area contributed by atoms with Crippen molar-refractivity contribution in [3.63, 3.8) is 0 Å². The lowest BCUT2D eigenvalue weighted by Crippen LogP contribution is -2.45. The molecule has 4 heteroatoms. The lowest BCUT2D eigenvalue weighted by Gasteiger charge is -2.21. The Morgan fingerprint density at radius 2 is 2.17 bits per heavy atom. The van der Waals surface area contributed by atoms with Crippen LogP contribution in [0.25, 0.3) is 0 Å². The fourth-order valence-electron chi connectivity index (χ4n) is 2.01. The number of nitrogens with two attached hydrogens (primary N) is 1. The number of hydrogen-bond donors (Lipinski definition) is 2. The summed E-state index contributed by atoms with van der Waals surface area (Å²) < 4.78 is 0. The third-order valence-corrected chi connectivity index (χ3v) is 3.08. The van der Waals surface area contributed by atoms with Gasteiger partial charge in [0.2, 0.25) is 0 Å². The summed E-state index contributed by atoms with van der Waals surface area (Å²) in [6.45, 7) is 6.20. The number of benzene rings is 1. The minimum atomic E-state index is -0.0476. The van der Waals surface area contributed by atoms with Crippen molar-refractivity contribution in [3.8, 4) is 0 Å². The molecule has 1 fully saturated rings. The second-order valence-electron chi connectivity index (χ2n) is 5.85. The molecule has 0 aliphatic heterocycles. The molecule has 0 bridgehead atoms. The highest BCUT2D eigenvalue weighted by Crippen LogP contribution is 2.43. The molecule has 18 heavy (non-hydrogen) atoms. The zero-order chi connectivity index (χ0) is 13.3. The summed E-state index contributed by atoms with van der Waals surface area (Å²) in [5.74, 6) is 0.987. The molecule has 0 amide bonds. The molecule has 0 saturated heterocycles. The third kappa shape index (κ3) is 3.64. The van der Waals surface area contributed by atoms with Crippen molar-refractivity contribution < 1.29 is 0 Å². The Hall–Kier alpha value is -1.22. The quantitative estimate of drug-likeness (QED) is 0.638. The van der Waals surface area contributed by atoms with Crippen LogP contribution in [0.1, 0.15) is 38.7 Å². The largest absolute Gasteiger partial charge is 0.370 e. The fourth-order valence-corrected chi connectivity index (χ4v) is 2.21. The van der Waals surface area contributed by atoms with E-state index in [0.29, 0.717) is 17.9 Å². The maximum absolute atomic E-state index is 5.98. The first kappa shape index (κ1) is 13.2. The van der Waals surface area contributed by atoms with Crippen LogP contribution in [0.5, 0.6) is 0 Å². The van der Waals surface area contributed by atoms with E-state index in [-0.39, 0.29) is 5.54 Å². The zero-order valence-corrected chi connectivity index (χ0v) is 11.8. The summed E-state index contributed by atoms with van der Waals surface area (Å²) in [4.78, 5) is 4.50. The lowest BCUT2D eigenvalue weighted by molar-refractivity contribution is 0.508. The molecule has 1 aromatic carbocycles. The van der Waals surface area contributed by atoms with Gasteiger partial charge in [-0.05, 0) is 44.9 Å². The number of rotatable bonds is 2. The van der Waals surface area contributed by atoms with E-state index in [1.807, 2.05) is 18.2 Å². The summed E-state index contributed by atoms with van der Waals surface area (Å²) in [5.41, 5.74) is 7.09. The molecule has 0 spiro atoms. The average molecular weight is 266 g/mol. The minimum Gasteiger partial charge on any atom is -0.370 e. The average Bonchev–Trinajstić information content (AvgIpc) is 2.93. The Bertz CT molecular complexity index is 462. The van der Waals surface area contributed by atoms with Gasteiger partial charge in [-0.3, -0.25) is 0 Å². The van der Waals surface area contributed by atoms with Crippen LogP contribution in [-0.2, 0) is 0 Å². The Morgan fingerprint density at radius 1 is 1.44 bits per heavy atom. The molecule has 1 saturated carbocycles. The third-order valence-electron chi connectivity index (χ3n) is 2.84. The molecular formula is C14H20ClN3. The molecule has 0 aromatic heterocycles. The number of nitrogens with one attached hydrogen (secondary N) is 1. The van der Waals surface area contributed by atoms with Crippen molar-refractivity contribution >= 4 is 17.6 Å². The highest BCUT2D eigenvalue weighted by molar-refractivity contribution is 6.30. The zero-order valence-electron chi connectivity index (χ0n) is 11.1. The van der Waals surface area contributed by atoms with Crippen molar-refractivity contribution in [1.82, 2.24) is 5.32 Å². The Balaban J connectivity index is 1.97. The van der Waals surface area contributed by atoms with Crippen molar-refractivity contribution in [2.75, 3.05) is 0 Å². The van der Waals surface area contributed by atoms with E-state index >= 15 is 0 Å². The van der Waals surface area contributed by atoms with E-state index in [1.165, 1.54) is 5.56 Å². The van der Waals surface area contributed by atoms with Gasteiger partial charge in [-0.2, -0.15) is 0 Å². The van der Waals surface area contributed by atoms with Crippen LogP contribution in [0.15, 0.2) is 29.3 Å². The number of nitrogens with zero attached hydrogens (tertiary/aromatic N) is 1. The highest BCUT2D eigenvalue weighted by Gasteiger charge is 2.38. The topological polar surface area (TPSA) is 50.4 Å². The van der Waals surface area contributed by atoms with Gasteiger partial charge in [-0.25, -0.2) is 4.99 Å². The molecule has 1 aliphatic rings. The molecule has 1 aliphatic carbocycles. The van der Waals surface area contributed by atoms with Gasteiger partial charge in [-0.15, -0.1) is 0 Å². The number of aliphatic imine (C=N–C) groups is 1. The molecule has 2 rings (SSSR count). The van der Waals surface area contributed by atoms with Crippen molar-refractivity contribution in [2.24, 2.45) is 10.7 Å². The summed E-state index contributed by atoms with van der Waals surface area (Å²) in [6, 6.07) is 8.27. The first-order valence-electron chi connectivity index (χ1n) is 6.22. The van der Waals surface area contributed by atoms with Crippen LogP contribution >= 0.6 is 11.6 Å². The minimum absolute atomic E-state index is 0.0476. The first-order chi connectivity index (χ1) is 8.35. The first-order valence-corrected chi connectivity index (χ1v) is 6.60. The normalized spacial score (nSPS) is 23.9. The van der Waals surface area contributed by atoms with Gasteiger partial charge >= 0.3 is 0 Å². The molecule has 2 atom stereocenters. The van der Waals surface area contributed by atoms with Gasteiger partial charge in [0, 0.05) is 16.5 Å². The van der Waals surface area contributed by atoms with E-state index in [1.54, 1.807) is 0 Å². The van der Waals surface area contributed by atoms with E-state index < -0.39 is 0 Å². The second kappa shape index (κ2) is 4.81. The Kier molecular flexibility index (Phi) is 3.53. The predicted molar refractivity (Wildman–Crippen MR) is 77.1 cm³/mol. The van der Waals surface area contributed by atoms with E-state index in [0.717, 1.165) is 11.4 Å². The van der Waals surface area contributed by atoms with Gasteiger partial charge in [0.1, 0.15) is 0 Å². The molecule has 98 valence electrons. The van der Waals surface area contributed by atoms with E-state index in [9.17, 15) is 0 Å². The smallest absolute Gasteiger partial charge is 0.189 e. The Morgan fingerprint density at radius 3 is 2.78 bits per heavy atom. The summed E-state index contributed by atoms with van der Waals surface area (Å²) in [6.07, 6.45) is 1.05. The number of halogens is 1. The summed E-state index contributed by atoms with van der Waals surface area (Å²) in [7, 11) is 0. The monoisotopic (exact) mass is 265 g/mol. The molecule has 3 N–H and O–H groups in total. The fraction of sp³-hybridized carbons (Fsp3) is 0.500. The number of hydrogen-bond acceptors (Lipinski definition) is 1. The van der Waals surface area contributed by atoms with Gasteiger partial charge in [0.05, 0.1) is 6.04 Å². The van der Waals surface area contributed by atoms with Gasteiger partial charge in [-0.1, -0.05) is 23.7 Å². The van der Waals surface area contributed by atoms with Crippen LogP contribution in [-0.4, -0.2) is 17.5 Å². The maximum Gasteiger partial charge on any atom is 0.189 e. The van der Waals surface area contributed by atoms with Gasteiger partial charge < -0.3 is 11.1 Å². The molecule has 1 aromatic rings. The summed E-state index contributed by atoms with van der Waals surface area (Å²) in [5, 5.41) is 3.96. The van der Waals surface area contributed by atoms with Crippen LogP contribution in [0, 0.1) is 0 Å². The lowest BCUT2D eigenvalue weighted by atomic mass is 10.1. The second-order valence-corrected chi connectivity index (χ2v) is 6.29. The van der Waals surface area contributed by atoms with Crippen molar-refractivity contribution in [3.05, 3.63) is 34.9 Å². The molecular weight excluding hydrogens is 246 g/mol. The SMILES string of the molecule is CC(C)(C)NC(N)=NC1CC1c1cccc(Cl)c1. The van der Waals surface area contributed by atoms with Crippen molar-refractivity contribution in [1.29, 1.82) is 0 Å². The van der Waals surface area contributed by atoms with Crippen LogP contribution < -0.4 is 11.1 Å². The highest BCUT2D eigenvalue weighted by atomic mass is 35.5. The predicted octanol–water partition coefficient (Wildman–Crippen LogP) is 2.90. The van der Waals surface area contributed by atoms with Gasteiger partial charge in [0.15, 0.2) is 5.96 Å². The molecule has 0 radical (unpaired) electrons. The summed E-state index contributed by atoms with van der Waals surface area (Å²) >= 11 is 5.98. The van der Waals surface area contributed by atoms with Gasteiger partial charge in [0.25, 0.3) is 0 Å². The standard InChI is InChI=1S/C14H20ClN3/c1-14(2,3)18-13(16)17-12-8-11(12)9-5-4-6-10(15)7-9/h4-7,11-12H,8H2,1-3H3,(H3,16,17,18). The molecule has 3 nitrogen and oxygen atoms in total.